The van der Waals surface area contributed by atoms with Gasteiger partial charge in [-0.25, -0.2) is 0 Å². The Morgan fingerprint density at radius 2 is 1.59 bits per heavy atom. The van der Waals surface area contributed by atoms with Gasteiger partial charge in [0.15, 0.2) is 0 Å². The van der Waals surface area contributed by atoms with Gasteiger partial charge in [-0.2, -0.15) is 0 Å². The van der Waals surface area contributed by atoms with E-state index in [0.29, 0.717) is 5.88 Å². The molecule has 0 aromatic heterocycles. The summed E-state index contributed by atoms with van der Waals surface area (Å²) in [5.74, 6) is 0.525. The summed E-state index contributed by atoms with van der Waals surface area (Å²) in [6.45, 7) is 0. The maximum Gasteiger partial charge on any atom is 0.528 e. The Hall–Kier alpha value is -0.653. The van der Waals surface area contributed by atoms with Crippen molar-refractivity contribution < 1.29 is 13.3 Å². The van der Waals surface area contributed by atoms with Gasteiger partial charge in [0.05, 0.1) is 0 Å². The fourth-order valence-corrected chi connectivity index (χ4v) is 2.85. The van der Waals surface area contributed by atoms with E-state index in [4.69, 9.17) is 24.9 Å². The van der Waals surface area contributed by atoms with Crippen LogP contribution in [0.15, 0.2) is 30.0 Å². The van der Waals surface area contributed by atoms with E-state index >= 15 is 0 Å². The molecule has 1 aromatic carbocycles. The number of hydrogen-bond donors (Lipinski definition) is 0. The molecular formula is C12H17ClO3Si. The monoisotopic (exact) mass is 272 g/mol. The first-order valence-corrected chi connectivity index (χ1v) is 7.53. The zero-order valence-corrected chi connectivity index (χ0v) is 12.0. The Labute approximate surface area is 108 Å². The molecule has 0 fully saturated rings. The van der Waals surface area contributed by atoms with Crippen LogP contribution < -0.4 is 0 Å². The highest BCUT2D eigenvalue weighted by molar-refractivity contribution is 6.66. The van der Waals surface area contributed by atoms with Crippen molar-refractivity contribution in [2.45, 2.75) is 5.88 Å². The summed E-state index contributed by atoms with van der Waals surface area (Å²) < 4.78 is 15.9. The molecule has 0 atom stereocenters. The van der Waals surface area contributed by atoms with Crippen LogP contribution in [0.2, 0.25) is 0 Å². The van der Waals surface area contributed by atoms with E-state index in [1.807, 2.05) is 36.0 Å². The molecule has 1 aromatic rings. The van der Waals surface area contributed by atoms with E-state index < -0.39 is 8.80 Å². The molecule has 5 heteroatoms. The molecule has 0 N–H and O–H groups in total. The maximum atomic E-state index is 5.73. The van der Waals surface area contributed by atoms with Gasteiger partial charge in [-0.05, 0) is 16.8 Å². The van der Waals surface area contributed by atoms with Crippen molar-refractivity contribution in [3.8, 4) is 0 Å². The third-order valence-corrected chi connectivity index (χ3v) is 5.06. The first kappa shape index (κ1) is 14.4. The van der Waals surface area contributed by atoms with E-state index in [-0.39, 0.29) is 0 Å². The Bertz CT molecular complexity index is 352. The van der Waals surface area contributed by atoms with Gasteiger partial charge in [0, 0.05) is 27.2 Å². The highest BCUT2D eigenvalue weighted by atomic mass is 35.5. The van der Waals surface area contributed by atoms with Crippen molar-refractivity contribution in [3.63, 3.8) is 0 Å². The molecule has 0 unspecified atom stereocenters. The van der Waals surface area contributed by atoms with E-state index in [9.17, 15) is 0 Å². The molecule has 3 nitrogen and oxygen atoms in total. The molecule has 0 heterocycles. The number of rotatable bonds is 6. The smallest absolute Gasteiger partial charge is 0.374 e. The van der Waals surface area contributed by atoms with Crippen LogP contribution >= 0.6 is 11.6 Å². The van der Waals surface area contributed by atoms with Gasteiger partial charge in [0.1, 0.15) is 0 Å². The molecule has 0 spiro atoms. The minimum Gasteiger partial charge on any atom is -0.374 e. The molecule has 94 valence electrons. The van der Waals surface area contributed by atoms with Crippen molar-refractivity contribution in [3.05, 3.63) is 41.1 Å². The summed E-state index contributed by atoms with van der Waals surface area (Å²) >= 11 is 5.73. The van der Waals surface area contributed by atoms with Gasteiger partial charge in [-0.3, -0.25) is 0 Å². The quantitative estimate of drug-likeness (QED) is 0.589. The van der Waals surface area contributed by atoms with Gasteiger partial charge >= 0.3 is 8.80 Å². The molecule has 0 radical (unpaired) electrons. The predicted molar refractivity (Wildman–Crippen MR) is 71.8 cm³/mol. The van der Waals surface area contributed by atoms with Gasteiger partial charge in [0.2, 0.25) is 0 Å². The van der Waals surface area contributed by atoms with Crippen molar-refractivity contribution in [1.29, 1.82) is 0 Å². The lowest BCUT2D eigenvalue weighted by Gasteiger charge is -2.20. The van der Waals surface area contributed by atoms with Crippen molar-refractivity contribution in [2.24, 2.45) is 0 Å². The first-order valence-electron chi connectivity index (χ1n) is 5.19. The summed E-state index contributed by atoms with van der Waals surface area (Å²) in [7, 11) is 2.12. The number of halogens is 1. The van der Waals surface area contributed by atoms with Gasteiger partial charge < -0.3 is 13.3 Å². The van der Waals surface area contributed by atoms with E-state index in [0.717, 1.165) is 11.1 Å². The Balaban J connectivity index is 2.80. The summed E-state index contributed by atoms with van der Waals surface area (Å²) in [5, 5.41) is 0. The molecule has 0 aliphatic heterocycles. The zero-order valence-electron chi connectivity index (χ0n) is 10.3. The lowest BCUT2D eigenvalue weighted by molar-refractivity contribution is 0.139. The second kappa shape index (κ2) is 6.93. The standard InChI is InChI=1S/C12H17ClO3Si/c1-14-17(15-2,16-3)9-8-11-4-6-12(10-13)7-5-11/h4-9H,10H2,1-3H3. The fraction of sp³-hybridized carbons (Fsp3) is 0.333. The zero-order chi connectivity index (χ0) is 12.7. The SMILES string of the molecule is CO[Si](C=Cc1ccc(CCl)cc1)(OC)OC. The van der Waals surface area contributed by atoms with Crippen LogP contribution in [0.4, 0.5) is 0 Å². The van der Waals surface area contributed by atoms with Crippen LogP contribution in [0, 0.1) is 0 Å². The molecule has 17 heavy (non-hydrogen) atoms. The van der Waals surface area contributed by atoms with Crippen molar-refractivity contribution >= 4 is 26.5 Å². The van der Waals surface area contributed by atoms with Crippen molar-refractivity contribution in [1.82, 2.24) is 0 Å². The Kier molecular flexibility index (Phi) is 5.88. The Morgan fingerprint density at radius 1 is 1.06 bits per heavy atom. The van der Waals surface area contributed by atoms with Crippen LogP contribution in [-0.4, -0.2) is 30.1 Å². The largest absolute Gasteiger partial charge is 0.528 e. The van der Waals surface area contributed by atoms with Crippen molar-refractivity contribution in [2.75, 3.05) is 21.3 Å². The number of hydrogen-bond acceptors (Lipinski definition) is 3. The molecule has 0 saturated carbocycles. The topological polar surface area (TPSA) is 27.7 Å². The third kappa shape index (κ3) is 3.94. The molecule has 0 bridgehead atoms. The summed E-state index contributed by atoms with van der Waals surface area (Å²) in [5.41, 5.74) is 4.00. The number of benzene rings is 1. The summed E-state index contributed by atoms with van der Waals surface area (Å²) in [6, 6.07) is 7.97. The summed E-state index contributed by atoms with van der Waals surface area (Å²) in [4.78, 5) is 0. The highest BCUT2D eigenvalue weighted by Gasteiger charge is 2.34. The minimum absolute atomic E-state index is 0.525. The Morgan fingerprint density at radius 3 is 2.00 bits per heavy atom. The normalized spacial score (nSPS) is 12.2. The third-order valence-electron chi connectivity index (χ3n) is 2.47. The minimum atomic E-state index is -2.63. The van der Waals surface area contributed by atoms with Gasteiger partial charge in [-0.1, -0.05) is 30.3 Å². The lowest BCUT2D eigenvalue weighted by atomic mass is 10.1. The van der Waals surface area contributed by atoms with Crippen LogP contribution in [0.25, 0.3) is 6.08 Å². The molecule has 0 aliphatic rings. The summed E-state index contributed by atoms with van der Waals surface area (Å²) in [6.07, 6.45) is 1.93. The van der Waals surface area contributed by atoms with Gasteiger partial charge in [0.25, 0.3) is 0 Å². The predicted octanol–water partition coefficient (Wildman–Crippen LogP) is 2.86. The lowest BCUT2D eigenvalue weighted by Crippen LogP contribution is -2.40. The van der Waals surface area contributed by atoms with E-state index in [2.05, 4.69) is 0 Å². The van der Waals surface area contributed by atoms with Crippen LogP contribution in [0.3, 0.4) is 0 Å². The second-order valence-corrected chi connectivity index (χ2v) is 6.46. The highest BCUT2D eigenvalue weighted by Crippen LogP contribution is 2.13. The van der Waals surface area contributed by atoms with E-state index in [1.54, 1.807) is 21.3 Å². The average Bonchev–Trinajstić information content (AvgIpc) is 2.41. The van der Waals surface area contributed by atoms with Crippen LogP contribution in [0.5, 0.6) is 0 Å². The van der Waals surface area contributed by atoms with E-state index in [1.165, 1.54) is 0 Å². The van der Waals surface area contributed by atoms with Crippen LogP contribution in [0.1, 0.15) is 11.1 Å². The average molecular weight is 273 g/mol. The first-order chi connectivity index (χ1) is 8.19. The molecule has 0 amide bonds. The molecule has 1 rings (SSSR count). The second-order valence-electron chi connectivity index (χ2n) is 3.42. The molecular weight excluding hydrogens is 256 g/mol. The van der Waals surface area contributed by atoms with Gasteiger partial charge in [-0.15, -0.1) is 11.6 Å². The maximum absolute atomic E-state index is 5.73. The fourth-order valence-electron chi connectivity index (χ4n) is 1.37. The molecule has 0 saturated heterocycles. The molecule has 0 aliphatic carbocycles. The van der Waals surface area contributed by atoms with Crippen LogP contribution in [-0.2, 0) is 19.2 Å². The number of alkyl halides is 1.